The number of carbonyl (C=O) groups is 1. The Morgan fingerprint density at radius 2 is 1.94 bits per heavy atom. The highest BCUT2D eigenvalue weighted by molar-refractivity contribution is 6.31. The van der Waals surface area contributed by atoms with Crippen LogP contribution in [0.4, 0.5) is 0 Å². The third-order valence-electron chi connectivity index (χ3n) is 5.98. The molecule has 0 unspecified atom stereocenters. The van der Waals surface area contributed by atoms with Gasteiger partial charge in [0.05, 0.1) is 12.1 Å². The SMILES string of the molecule is C[C@@H](CCc1ccccc1)NC(=O)CN1CCC(n2c(=O)oc3ccc(Cl)cc32)CC1. The van der Waals surface area contributed by atoms with E-state index in [0.29, 0.717) is 17.2 Å². The first-order valence-electron chi connectivity index (χ1n) is 10.9. The zero-order valence-electron chi connectivity index (χ0n) is 17.7. The second-order valence-electron chi connectivity index (χ2n) is 8.35. The van der Waals surface area contributed by atoms with Crippen LogP contribution in [0.1, 0.15) is 37.8 Å². The van der Waals surface area contributed by atoms with E-state index in [9.17, 15) is 9.59 Å². The number of amides is 1. The molecule has 1 saturated heterocycles. The summed E-state index contributed by atoms with van der Waals surface area (Å²) in [6.07, 6.45) is 3.44. The van der Waals surface area contributed by atoms with Crippen LogP contribution in [-0.4, -0.2) is 41.1 Å². The summed E-state index contributed by atoms with van der Waals surface area (Å²) < 4.78 is 7.08. The number of halogens is 1. The van der Waals surface area contributed by atoms with Gasteiger partial charge in [0.2, 0.25) is 5.91 Å². The number of aromatic nitrogens is 1. The highest BCUT2D eigenvalue weighted by Crippen LogP contribution is 2.27. The number of oxazole rings is 1. The molecule has 31 heavy (non-hydrogen) atoms. The minimum absolute atomic E-state index is 0.0522. The summed E-state index contributed by atoms with van der Waals surface area (Å²) in [7, 11) is 0. The molecule has 2 aromatic carbocycles. The highest BCUT2D eigenvalue weighted by Gasteiger charge is 2.25. The molecule has 0 radical (unpaired) electrons. The van der Waals surface area contributed by atoms with Crippen molar-refractivity contribution in [3.63, 3.8) is 0 Å². The van der Waals surface area contributed by atoms with Crippen LogP contribution in [-0.2, 0) is 11.2 Å². The van der Waals surface area contributed by atoms with Crippen LogP contribution in [0.2, 0.25) is 5.02 Å². The van der Waals surface area contributed by atoms with Crippen LogP contribution >= 0.6 is 11.6 Å². The Kier molecular flexibility index (Phi) is 6.78. The van der Waals surface area contributed by atoms with E-state index in [-0.39, 0.29) is 23.7 Å². The molecule has 0 aliphatic carbocycles. The topological polar surface area (TPSA) is 67.5 Å². The summed E-state index contributed by atoms with van der Waals surface area (Å²) in [5.74, 6) is -0.294. The fourth-order valence-electron chi connectivity index (χ4n) is 4.31. The third-order valence-corrected chi connectivity index (χ3v) is 6.22. The number of fused-ring (bicyclic) bond motifs is 1. The van der Waals surface area contributed by atoms with Gasteiger partial charge >= 0.3 is 5.76 Å². The number of nitrogens with one attached hydrogen (secondary N) is 1. The van der Waals surface area contributed by atoms with Crippen molar-refractivity contribution in [2.45, 2.75) is 44.7 Å². The Hall–Kier alpha value is -2.57. The molecule has 1 N–H and O–H groups in total. The van der Waals surface area contributed by atoms with Gasteiger partial charge in [0, 0.05) is 30.2 Å². The van der Waals surface area contributed by atoms with E-state index in [4.69, 9.17) is 16.0 Å². The number of nitrogens with zero attached hydrogens (tertiary/aromatic N) is 2. The lowest BCUT2D eigenvalue weighted by molar-refractivity contribution is -0.123. The summed E-state index contributed by atoms with van der Waals surface area (Å²) in [6, 6.07) is 15.7. The number of carbonyl (C=O) groups excluding carboxylic acids is 1. The highest BCUT2D eigenvalue weighted by atomic mass is 35.5. The molecule has 4 rings (SSSR count). The maximum Gasteiger partial charge on any atom is 0.420 e. The first-order valence-corrected chi connectivity index (χ1v) is 11.2. The van der Waals surface area contributed by atoms with Crippen molar-refractivity contribution < 1.29 is 9.21 Å². The average Bonchev–Trinajstić information content (AvgIpc) is 3.08. The first-order chi connectivity index (χ1) is 15.0. The molecule has 1 aliphatic rings. The van der Waals surface area contributed by atoms with Crippen molar-refractivity contribution in [2.24, 2.45) is 0 Å². The number of aryl methyl sites for hydroxylation is 1. The van der Waals surface area contributed by atoms with E-state index >= 15 is 0 Å². The quantitative estimate of drug-likeness (QED) is 0.601. The standard InChI is InChI=1S/C24H28ClN3O3/c1-17(7-8-18-5-3-2-4-6-18)26-23(29)16-27-13-11-20(12-14-27)28-21-15-19(25)9-10-22(21)31-24(28)30/h2-6,9-10,15,17,20H,7-8,11-14,16H2,1H3,(H,26,29)/t17-/m0/s1. The molecule has 0 spiro atoms. The molecule has 1 aromatic heterocycles. The van der Waals surface area contributed by atoms with Crippen molar-refractivity contribution in [3.05, 3.63) is 69.7 Å². The number of benzene rings is 2. The van der Waals surface area contributed by atoms with E-state index in [0.717, 1.165) is 44.3 Å². The Balaban J connectivity index is 1.26. The molecule has 1 atom stereocenters. The van der Waals surface area contributed by atoms with Crippen LogP contribution in [0.5, 0.6) is 0 Å². The number of piperidine rings is 1. The van der Waals surface area contributed by atoms with Gasteiger partial charge in [-0.3, -0.25) is 14.3 Å². The summed E-state index contributed by atoms with van der Waals surface area (Å²) in [4.78, 5) is 27.0. The molecule has 1 fully saturated rings. The van der Waals surface area contributed by atoms with Gasteiger partial charge in [-0.1, -0.05) is 41.9 Å². The van der Waals surface area contributed by atoms with Crippen LogP contribution in [0.25, 0.3) is 11.1 Å². The Morgan fingerprint density at radius 1 is 1.19 bits per heavy atom. The normalized spacial score (nSPS) is 16.5. The molecule has 0 saturated carbocycles. The molecule has 3 aromatic rings. The van der Waals surface area contributed by atoms with Crippen LogP contribution < -0.4 is 11.1 Å². The van der Waals surface area contributed by atoms with Crippen molar-refractivity contribution in [1.29, 1.82) is 0 Å². The minimum Gasteiger partial charge on any atom is -0.408 e. The Bertz CT molecular complexity index is 1080. The van der Waals surface area contributed by atoms with Crippen molar-refractivity contribution in [3.8, 4) is 0 Å². The van der Waals surface area contributed by atoms with Gasteiger partial charge < -0.3 is 9.73 Å². The van der Waals surface area contributed by atoms with Crippen LogP contribution in [0.3, 0.4) is 0 Å². The predicted molar refractivity (Wildman–Crippen MR) is 123 cm³/mol. The van der Waals surface area contributed by atoms with Gasteiger partial charge in [0.15, 0.2) is 5.58 Å². The van der Waals surface area contributed by atoms with E-state index in [2.05, 4.69) is 29.3 Å². The Labute approximate surface area is 186 Å². The lowest BCUT2D eigenvalue weighted by Gasteiger charge is -2.32. The molecule has 7 heteroatoms. The molecule has 1 aliphatic heterocycles. The zero-order valence-corrected chi connectivity index (χ0v) is 18.5. The summed E-state index contributed by atoms with van der Waals surface area (Å²) in [6.45, 7) is 3.95. The van der Waals surface area contributed by atoms with Crippen LogP contribution in [0, 0.1) is 0 Å². The molecule has 2 heterocycles. The lowest BCUT2D eigenvalue weighted by Crippen LogP contribution is -2.44. The monoisotopic (exact) mass is 441 g/mol. The number of rotatable bonds is 7. The van der Waals surface area contributed by atoms with Gasteiger partial charge in [-0.15, -0.1) is 0 Å². The van der Waals surface area contributed by atoms with Gasteiger partial charge in [0.1, 0.15) is 0 Å². The molecule has 164 valence electrons. The third kappa shape index (κ3) is 5.38. The van der Waals surface area contributed by atoms with E-state index in [1.165, 1.54) is 5.56 Å². The maximum atomic E-state index is 12.5. The van der Waals surface area contributed by atoms with Crippen molar-refractivity contribution in [2.75, 3.05) is 19.6 Å². The average molecular weight is 442 g/mol. The van der Waals surface area contributed by atoms with E-state index < -0.39 is 0 Å². The summed E-state index contributed by atoms with van der Waals surface area (Å²) in [5, 5.41) is 3.69. The molecular formula is C24H28ClN3O3. The largest absolute Gasteiger partial charge is 0.420 e. The molecule has 1 amide bonds. The van der Waals surface area contributed by atoms with E-state index in [1.54, 1.807) is 22.8 Å². The fraction of sp³-hybridized carbons (Fsp3) is 0.417. The predicted octanol–water partition coefficient (Wildman–Crippen LogP) is 4.02. The molecule has 6 nitrogen and oxygen atoms in total. The zero-order chi connectivity index (χ0) is 21.8. The molecule has 0 bridgehead atoms. The maximum absolute atomic E-state index is 12.5. The summed E-state index contributed by atoms with van der Waals surface area (Å²) in [5.41, 5.74) is 2.58. The van der Waals surface area contributed by atoms with E-state index in [1.807, 2.05) is 18.2 Å². The van der Waals surface area contributed by atoms with Crippen molar-refractivity contribution >= 4 is 28.6 Å². The number of likely N-dealkylation sites (tertiary alicyclic amines) is 1. The van der Waals surface area contributed by atoms with Gasteiger partial charge in [-0.2, -0.15) is 0 Å². The Morgan fingerprint density at radius 3 is 2.68 bits per heavy atom. The van der Waals surface area contributed by atoms with Gasteiger partial charge in [-0.25, -0.2) is 4.79 Å². The molecular weight excluding hydrogens is 414 g/mol. The summed E-state index contributed by atoms with van der Waals surface area (Å²) >= 11 is 6.11. The van der Waals surface area contributed by atoms with Gasteiger partial charge in [-0.05, 0) is 56.4 Å². The van der Waals surface area contributed by atoms with Crippen LogP contribution in [0.15, 0.2) is 57.7 Å². The smallest absolute Gasteiger partial charge is 0.408 e. The second kappa shape index (κ2) is 9.71. The second-order valence-corrected chi connectivity index (χ2v) is 8.79. The first kappa shape index (κ1) is 21.7. The van der Waals surface area contributed by atoms with Crippen molar-refractivity contribution in [1.82, 2.24) is 14.8 Å². The fourth-order valence-corrected chi connectivity index (χ4v) is 4.48. The lowest BCUT2D eigenvalue weighted by atomic mass is 10.0. The van der Waals surface area contributed by atoms with Gasteiger partial charge in [0.25, 0.3) is 0 Å². The minimum atomic E-state index is -0.347. The number of hydrogen-bond acceptors (Lipinski definition) is 4. The number of hydrogen-bond donors (Lipinski definition) is 1.